The van der Waals surface area contributed by atoms with Crippen molar-refractivity contribution >= 4 is 0 Å². The highest BCUT2D eigenvalue weighted by Crippen LogP contribution is 2.62. The highest BCUT2D eigenvalue weighted by molar-refractivity contribution is 5.61. The van der Waals surface area contributed by atoms with E-state index < -0.39 is 0 Å². The lowest BCUT2D eigenvalue weighted by molar-refractivity contribution is -0.0227. The highest BCUT2D eigenvalue weighted by atomic mass is 16.5. The zero-order valence-corrected chi connectivity index (χ0v) is 15.8. The average molecular weight is 346 g/mol. The maximum absolute atomic E-state index is 10.5. The minimum absolute atomic E-state index is 0.110. The molecular formula is C21H30O4. The number of rotatable bonds is 3. The SMILES string of the molecule is COc1cc2c(c(OC)c1OC)CCC1C2CCC2(C)C(O)CCC12. The molecule has 0 bridgehead atoms. The Hall–Kier alpha value is -1.42. The van der Waals surface area contributed by atoms with Gasteiger partial charge in [-0.05, 0) is 73.3 Å². The molecular weight excluding hydrogens is 316 g/mol. The number of hydrogen-bond acceptors (Lipinski definition) is 4. The minimum Gasteiger partial charge on any atom is -0.493 e. The van der Waals surface area contributed by atoms with Crippen molar-refractivity contribution in [2.24, 2.45) is 17.3 Å². The number of fused-ring (bicyclic) bond motifs is 5. The monoisotopic (exact) mass is 346 g/mol. The second kappa shape index (κ2) is 6.08. The molecule has 25 heavy (non-hydrogen) atoms. The summed E-state index contributed by atoms with van der Waals surface area (Å²) < 4.78 is 16.9. The maximum Gasteiger partial charge on any atom is 0.203 e. The van der Waals surface area contributed by atoms with E-state index in [4.69, 9.17) is 14.2 Å². The van der Waals surface area contributed by atoms with E-state index in [2.05, 4.69) is 13.0 Å². The van der Waals surface area contributed by atoms with Gasteiger partial charge in [-0.25, -0.2) is 0 Å². The molecule has 0 aliphatic heterocycles. The second-order valence-electron chi connectivity index (χ2n) is 8.27. The van der Waals surface area contributed by atoms with Crippen molar-refractivity contribution in [3.05, 3.63) is 17.2 Å². The minimum atomic E-state index is -0.125. The smallest absolute Gasteiger partial charge is 0.203 e. The number of ether oxygens (including phenoxy) is 3. The van der Waals surface area contributed by atoms with Gasteiger partial charge in [-0.2, -0.15) is 0 Å². The summed E-state index contributed by atoms with van der Waals surface area (Å²) in [6.07, 6.45) is 6.44. The van der Waals surface area contributed by atoms with E-state index in [-0.39, 0.29) is 11.5 Å². The summed E-state index contributed by atoms with van der Waals surface area (Å²) in [5.74, 6) is 4.15. The van der Waals surface area contributed by atoms with Crippen LogP contribution in [0.25, 0.3) is 0 Å². The molecule has 2 fully saturated rings. The van der Waals surface area contributed by atoms with E-state index >= 15 is 0 Å². The van der Waals surface area contributed by atoms with Gasteiger partial charge in [0.2, 0.25) is 5.75 Å². The Morgan fingerprint density at radius 3 is 2.44 bits per heavy atom. The molecule has 3 aliphatic carbocycles. The predicted octanol–water partition coefficient (Wildman–Crippen LogP) is 3.93. The molecule has 1 N–H and O–H groups in total. The van der Waals surface area contributed by atoms with Gasteiger partial charge >= 0.3 is 0 Å². The third kappa shape index (κ3) is 2.29. The molecule has 0 amide bonds. The molecule has 1 aromatic rings. The molecule has 0 heterocycles. The van der Waals surface area contributed by atoms with Gasteiger partial charge in [0.15, 0.2) is 11.5 Å². The molecule has 0 saturated heterocycles. The summed E-state index contributed by atoms with van der Waals surface area (Å²) in [5, 5.41) is 10.5. The molecule has 0 aromatic heterocycles. The Kier molecular flexibility index (Phi) is 4.14. The molecule has 4 rings (SSSR count). The number of hydrogen-bond donors (Lipinski definition) is 1. The van der Waals surface area contributed by atoms with Gasteiger partial charge in [-0.15, -0.1) is 0 Å². The van der Waals surface area contributed by atoms with Crippen LogP contribution in [0.3, 0.4) is 0 Å². The Balaban J connectivity index is 1.78. The van der Waals surface area contributed by atoms with Gasteiger partial charge in [0.1, 0.15) is 0 Å². The fourth-order valence-electron chi connectivity index (χ4n) is 6.18. The van der Waals surface area contributed by atoms with Crippen molar-refractivity contribution in [2.75, 3.05) is 21.3 Å². The molecule has 2 saturated carbocycles. The maximum atomic E-state index is 10.5. The van der Waals surface area contributed by atoms with Crippen molar-refractivity contribution in [3.63, 3.8) is 0 Å². The van der Waals surface area contributed by atoms with Crippen molar-refractivity contribution in [1.82, 2.24) is 0 Å². The van der Waals surface area contributed by atoms with Crippen LogP contribution < -0.4 is 14.2 Å². The lowest BCUT2D eigenvalue weighted by atomic mass is 9.55. The van der Waals surface area contributed by atoms with Gasteiger partial charge in [0.05, 0.1) is 27.4 Å². The van der Waals surface area contributed by atoms with Crippen molar-refractivity contribution in [1.29, 1.82) is 0 Å². The van der Waals surface area contributed by atoms with Crippen molar-refractivity contribution in [2.45, 2.75) is 57.5 Å². The van der Waals surface area contributed by atoms with Crippen molar-refractivity contribution in [3.8, 4) is 17.2 Å². The first-order chi connectivity index (χ1) is 12.0. The third-order valence-electron chi connectivity index (χ3n) is 7.48. The van der Waals surface area contributed by atoms with Crippen LogP contribution in [-0.4, -0.2) is 32.5 Å². The molecule has 0 radical (unpaired) electrons. The van der Waals surface area contributed by atoms with Gasteiger partial charge in [0, 0.05) is 5.56 Å². The summed E-state index contributed by atoms with van der Waals surface area (Å²) in [5.41, 5.74) is 2.79. The molecule has 4 nitrogen and oxygen atoms in total. The summed E-state index contributed by atoms with van der Waals surface area (Å²) in [6.45, 7) is 2.32. The molecule has 0 spiro atoms. The van der Waals surface area contributed by atoms with Gasteiger partial charge in [-0.3, -0.25) is 0 Å². The number of methoxy groups -OCH3 is 3. The van der Waals surface area contributed by atoms with Crippen LogP contribution in [0.4, 0.5) is 0 Å². The highest BCUT2D eigenvalue weighted by Gasteiger charge is 2.54. The molecule has 4 heteroatoms. The molecule has 138 valence electrons. The van der Waals surface area contributed by atoms with Crippen LogP contribution in [-0.2, 0) is 6.42 Å². The van der Waals surface area contributed by atoms with E-state index in [0.717, 1.165) is 37.2 Å². The standard InChI is InChI=1S/C21H30O4/c1-21-10-9-12-13(16(21)7-8-18(21)22)5-6-14-15(12)11-17(23-2)20(25-4)19(14)24-3/h11-13,16,18,22H,5-10H2,1-4H3. The van der Waals surface area contributed by atoms with E-state index in [0.29, 0.717) is 23.5 Å². The lowest BCUT2D eigenvalue weighted by Gasteiger charge is -2.50. The molecule has 3 aliphatic rings. The topological polar surface area (TPSA) is 47.9 Å². The summed E-state index contributed by atoms with van der Waals surface area (Å²) in [7, 11) is 5.08. The summed E-state index contributed by atoms with van der Waals surface area (Å²) in [6, 6.07) is 2.18. The first-order valence-electron chi connectivity index (χ1n) is 9.55. The number of aliphatic hydroxyl groups is 1. The van der Waals surface area contributed by atoms with Gasteiger partial charge in [0.25, 0.3) is 0 Å². The van der Waals surface area contributed by atoms with Crippen LogP contribution in [0.2, 0.25) is 0 Å². The quantitative estimate of drug-likeness (QED) is 0.901. The van der Waals surface area contributed by atoms with E-state index in [1.165, 1.54) is 24.0 Å². The van der Waals surface area contributed by atoms with Gasteiger partial charge in [-0.1, -0.05) is 6.92 Å². The van der Waals surface area contributed by atoms with Crippen LogP contribution >= 0.6 is 0 Å². The Morgan fingerprint density at radius 2 is 1.76 bits per heavy atom. The predicted molar refractivity (Wildman–Crippen MR) is 96.7 cm³/mol. The average Bonchev–Trinajstić information content (AvgIpc) is 2.94. The van der Waals surface area contributed by atoms with Gasteiger partial charge < -0.3 is 19.3 Å². The number of benzene rings is 1. The second-order valence-corrected chi connectivity index (χ2v) is 8.27. The lowest BCUT2D eigenvalue weighted by Crippen LogP contribution is -2.44. The Labute approximate surface area is 150 Å². The fourth-order valence-corrected chi connectivity index (χ4v) is 6.18. The largest absolute Gasteiger partial charge is 0.493 e. The zero-order chi connectivity index (χ0) is 17.8. The van der Waals surface area contributed by atoms with E-state index in [9.17, 15) is 5.11 Å². The molecule has 1 aromatic carbocycles. The van der Waals surface area contributed by atoms with E-state index in [1.54, 1.807) is 21.3 Å². The zero-order valence-electron chi connectivity index (χ0n) is 15.8. The first kappa shape index (κ1) is 17.0. The van der Waals surface area contributed by atoms with Crippen LogP contribution in [0, 0.1) is 17.3 Å². The molecule has 5 atom stereocenters. The van der Waals surface area contributed by atoms with Crippen LogP contribution in [0.1, 0.15) is 56.1 Å². The third-order valence-corrected chi connectivity index (χ3v) is 7.48. The van der Waals surface area contributed by atoms with Crippen LogP contribution in [0.5, 0.6) is 17.2 Å². The molecule has 5 unspecified atom stereocenters. The Bertz CT molecular complexity index is 670. The van der Waals surface area contributed by atoms with Crippen molar-refractivity contribution < 1.29 is 19.3 Å². The van der Waals surface area contributed by atoms with Crippen LogP contribution in [0.15, 0.2) is 6.07 Å². The normalized spacial score (nSPS) is 36.2. The Morgan fingerprint density at radius 1 is 1.00 bits per heavy atom. The fraction of sp³-hybridized carbons (Fsp3) is 0.714. The summed E-state index contributed by atoms with van der Waals surface area (Å²) in [4.78, 5) is 0. The summed E-state index contributed by atoms with van der Waals surface area (Å²) >= 11 is 0. The first-order valence-corrected chi connectivity index (χ1v) is 9.55. The number of aliphatic hydroxyl groups excluding tert-OH is 1. The van der Waals surface area contributed by atoms with E-state index in [1.807, 2.05) is 0 Å².